The number of likely N-dealkylation sites (N-methyl/N-ethyl adjacent to an activating group) is 1. The molecule has 146 valence electrons. The first-order chi connectivity index (χ1) is 13.5. The Bertz CT molecular complexity index is 929. The van der Waals surface area contributed by atoms with Crippen LogP contribution in [0.25, 0.3) is 0 Å². The fourth-order valence-corrected chi connectivity index (χ4v) is 4.79. The predicted octanol–water partition coefficient (Wildman–Crippen LogP) is 1.76. The van der Waals surface area contributed by atoms with E-state index in [2.05, 4.69) is 16.7 Å². The molecule has 1 aromatic heterocycles. The van der Waals surface area contributed by atoms with Crippen molar-refractivity contribution in [2.75, 3.05) is 30.8 Å². The molecular formula is C21H25N4O2S+. The van der Waals surface area contributed by atoms with E-state index in [0.717, 1.165) is 47.4 Å². The molecule has 0 radical (unpaired) electrons. The van der Waals surface area contributed by atoms with Gasteiger partial charge in [0.25, 0.3) is 11.8 Å². The van der Waals surface area contributed by atoms with Crippen molar-refractivity contribution < 1.29 is 14.5 Å². The van der Waals surface area contributed by atoms with Crippen molar-refractivity contribution in [1.29, 1.82) is 5.26 Å². The summed E-state index contributed by atoms with van der Waals surface area (Å²) in [6.45, 7) is 2.40. The highest BCUT2D eigenvalue weighted by Crippen LogP contribution is 2.38. The highest BCUT2D eigenvalue weighted by atomic mass is 32.1. The van der Waals surface area contributed by atoms with Crippen molar-refractivity contribution in [2.24, 2.45) is 0 Å². The van der Waals surface area contributed by atoms with Crippen LogP contribution >= 0.6 is 11.3 Å². The van der Waals surface area contributed by atoms with E-state index in [-0.39, 0.29) is 24.9 Å². The standard InChI is InChI=1S/C21H24N4O2S/c1-3-14-7-4-5-9-17(14)23-19(26)12-25(2)13-20(27)24-21-16(11-22)15-8-6-10-18(15)28-21/h4-5,7,9H,3,6,8,10,12-13H2,1-2H3,(H,23,26)(H,24,27)/p+1. The molecule has 0 fully saturated rings. The fourth-order valence-electron chi connectivity index (χ4n) is 3.54. The molecule has 2 aromatic rings. The zero-order valence-electron chi connectivity index (χ0n) is 16.2. The van der Waals surface area contributed by atoms with E-state index in [1.165, 1.54) is 16.2 Å². The maximum Gasteiger partial charge on any atom is 0.280 e. The number of carbonyl (C=O) groups excluding carboxylic acids is 2. The van der Waals surface area contributed by atoms with E-state index in [1.54, 1.807) is 0 Å². The second-order valence-electron chi connectivity index (χ2n) is 7.09. The quantitative estimate of drug-likeness (QED) is 0.665. The SMILES string of the molecule is CCc1ccccc1NC(=O)C[NH+](C)CC(=O)Nc1sc2c(c1C#N)CCC2. The zero-order chi connectivity index (χ0) is 20.1. The Hall–Kier alpha value is -2.69. The zero-order valence-corrected chi connectivity index (χ0v) is 17.0. The molecule has 2 amide bonds. The van der Waals surface area contributed by atoms with E-state index in [4.69, 9.17) is 0 Å². The van der Waals surface area contributed by atoms with Crippen LogP contribution in [0.1, 0.15) is 34.9 Å². The summed E-state index contributed by atoms with van der Waals surface area (Å²) < 4.78 is 0. The first-order valence-corrected chi connectivity index (χ1v) is 10.4. The summed E-state index contributed by atoms with van der Waals surface area (Å²) in [4.78, 5) is 26.7. The lowest BCUT2D eigenvalue weighted by molar-refractivity contribution is -0.862. The Labute approximate surface area is 169 Å². The highest BCUT2D eigenvalue weighted by molar-refractivity contribution is 7.16. The second-order valence-corrected chi connectivity index (χ2v) is 8.20. The minimum Gasteiger partial charge on any atom is -0.322 e. The summed E-state index contributed by atoms with van der Waals surface area (Å²) >= 11 is 1.51. The van der Waals surface area contributed by atoms with Crippen LogP contribution in [0.5, 0.6) is 0 Å². The molecule has 1 atom stereocenters. The number of fused-ring (bicyclic) bond motifs is 1. The summed E-state index contributed by atoms with van der Waals surface area (Å²) in [6.07, 6.45) is 3.81. The number of nitrogens with zero attached hydrogens (tertiary/aromatic N) is 1. The molecule has 3 rings (SSSR count). The van der Waals surface area contributed by atoms with Crippen molar-refractivity contribution in [1.82, 2.24) is 0 Å². The summed E-state index contributed by atoms with van der Waals surface area (Å²) in [5.74, 6) is -0.310. The number of thiophene rings is 1. The summed E-state index contributed by atoms with van der Waals surface area (Å²) in [5, 5.41) is 15.9. The molecule has 0 saturated heterocycles. The Morgan fingerprint density at radius 3 is 2.61 bits per heavy atom. The fraction of sp³-hybridized carbons (Fsp3) is 0.381. The number of para-hydroxylation sites is 1. The van der Waals surface area contributed by atoms with Gasteiger partial charge in [0.15, 0.2) is 13.1 Å². The van der Waals surface area contributed by atoms with Crippen LogP contribution in [0, 0.1) is 11.3 Å². The van der Waals surface area contributed by atoms with E-state index >= 15 is 0 Å². The van der Waals surface area contributed by atoms with Crippen LogP contribution in [0.3, 0.4) is 0 Å². The average Bonchev–Trinajstić information content (AvgIpc) is 3.22. The minimum atomic E-state index is -0.185. The van der Waals surface area contributed by atoms with Gasteiger partial charge in [-0.25, -0.2) is 0 Å². The molecular weight excluding hydrogens is 372 g/mol. The average molecular weight is 398 g/mol. The molecule has 1 aliphatic carbocycles. The lowest BCUT2D eigenvalue weighted by Gasteiger charge is -2.14. The van der Waals surface area contributed by atoms with E-state index in [1.807, 2.05) is 38.2 Å². The monoisotopic (exact) mass is 397 g/mol. The van der Waals surface area contributed by atoms with Crippen LogP contribution in [-0.2, 0) is 28.9 Å². The number of amides is 2. The molecule has 0 bridgehead atoms. The van der Waals surface area contributed by atoms with Gasteiger partial charge >= 0.3 is 0 Å². The number of carbonyl (C=O) groups is 2. The van der Waals surface area contributed by atoms with Gasteiger partial charge < -0.3 is 15.5 Å². The van der Waals surface area contributed by atoms with E-state index in [0.29, 0.717) is 10.6 Å². The lowest BCUT2D eigenvalue weighted by atomic mass is 10.1. The van der Waals surface area contributed by atoms with Crippen molar-refractivity contribution in [3.8, 4) is 6.07 Å². The van der Waals surface area contributed by atoms with Gasteiger partial charge in [0, 0.05) is 10.6 Å². The third kappa shape index (κ3) is 4.58. The maximum atomic E-state index is 12.4. The minimum absolute atomic E-state index is 0.126. The number of aryl methyl sites for hydroxylation is 2. The van der Waals surface area contributed by atoms with Gasteiger partial charge in [0.05, 0.1) is 12.6 Å². The third-order valence-corrected chi connectivity index (χ3v) is 6.09. The summed E-state index contributed by atoms with van der Waals surface area (Å²) in [6, 6.07) is 9.95. The Morgan fingerprint density at radius 2 is 1.89 bits per heavy atom. The largest absolute Gasteiger partial charge is 0.322 e. The number of hydrogen-bond acceptors (Lipinski definition) is 4. The second kappa shape index (κ2) is 9.00. The lowest BCUT2D eigenvalue weighted by Crippen LogP contribution is -3.11. The van der Waals surface area contributed by atoms with Gasteiger partial charge in [-0.05, 0) is 42.9 Å². The number of quaternary nitrogens is 1. The molecule has 1 aromatic carbocycles. The molecule has 1 heterocycles. The van der Waals surface area contributed by atoms with Gasteiger partial charge in [0.1, 0.15) is 11.1 Å². The highest BCUT2D eigenvalue weighted by Gasteiger charge is 2.24. The number of rotatable bonds is 7. The van der Waals surface area contributed by atoms with Crippen LogP contribution in [0.2, 0.25) is 0 Å². The van der Waals surface area contributed by atoms with E-state index in [9.17, 15) is 14.9 Å². The molecule has 1 aliphatic rings. The molecule has 1 unspecified atom stereocenters. The molecule has 0 saturated carbocycles. The Kier molecular flexibility index (Phi) is 6.45. The molecule has 0 spiro atoms. The number of benzene rings is 1. The molecule has 7 heteroatoms. The van der Waals surface area contributed by atoms with Gasteiger partial charge in [-0.1, -0.05) is 25.1 Å². The predicted molar refractivity (Wildman–Crippen MR) is 111 cm³/mol. The number of nitrogens with one attached hydrogen (secondary N) is 3. The summed E-state index contributed by atoms with van der Waals surface area (Å²) in [5.41, 5.74) is 3.61. The number of nitriles is 1. The van der Waals surface area contributed by atoms with Crippen molar-refractivity contribution >= 4 is 33.8 Å². The molecule has 28 heavy (non-hydrogen) atoms. The summed E-state index contributed by atoms with van der Waals surface area (Å²) in [7, 11) is 1.81. The van der Waals surface area contributed by atoms with Crippen molar-refractivity contribution in [3.05, 3.63) is 45.8 Å². The third-order valence-electron chi connectivity index (χ3n) is 4.88. The van der Waals surface area contributed by atoms with Crippen LogP contribution < -0.4 is 15.5 Å². The van der Waals surface area contributed by atoms with Gasteiger partial charge in [-0.2, -0.15) is 5.26 Å². The maximum absolute atomic E-state index is 12.4. The Balaban J connectivity index is 1.53. The Morgan fingerprint density at radius 1 is 1.18 bits per heavy atom. The van der Waals surface area contributed by atoms with Gasteiger partial charge in [-0.15, -0.1) is 11.3 Å². The van der Waals surface area contributed by atoms with E-state index < -0.39 is 0 Å². The van der Waals surface area contributed by atoms with Gasteiger partial charge in [-0.3, -0.25) is 9.59 Å². The topological polar surface area (TPSA) is 86.4 Å². The number of anilines is 2. The van der Waals surface area contributed by atoms with Crippen LogP contribution in [0.15, 0.2) is 24.3 Å². The molecule has 0 aliphatic heterocycles. The van der Waals surface area contributed by atoms with Crippen LogP contribution in [-0.4, -0.2) is 32.0 Å². The van der Waals surface area contributed by atoms with Crippen molar-refractivity contribution in [3.63, 3.8) is 0 Å². The van der Waals surface area contributed by atoms with Gasteiger partial charge in [0.2, 0.25) is 0 Å². The number of hydrogen-bond donors (Lipinski definition) is 3. The first-order valence-electron chi connectivity index (χ1n) is 9.55. The van der Waals surface area contributed by atoms with Crippen molar-refractivity contribution in [2.45, 2.75) is 32.6 Å². The molecule has 6 nitrogen and oxygen atoms in total. The molecule has 3 N–H and O–H groups in total. The first kappa shape index (κ1) is 20.1. The normalized spacial score (nSPS) is 13.5. The van der Waals surface area contributed by atoms with Crippen LogP contribution in [0.4, 0.5) is 10.7 Å². The smallest absolute Gasteiger partial charge is 0.280 e.